The van der Waals surface area contributed by atoms with Gasteiger partial charge in [0, 0.05) is 30.9 Å². The Kier molecular flexibility index (Phi) is 4.21. The van der Waals surface area contributed by atoms with Gasteiger partial charge in [-0.05, 0) is 30.9 Å². The molecule has 2 aliphatic rings. The molecule has 0 aliphatic carbocycles. The zero-order valence-electron chi connectivity index (χ0n) is 14.0. The first-order valence-corrected chi connectivity index (χ1v) is 8.07. The number of amides is 1. The molecule has 2 aliphatic heterocycles. The van der Waals surface area contributed by atoms with Gasteiger partial charge in [0.1, 0.15) is 0 Å². The lowest BCUT2D eigenvalue weighted by molar-refractivity contribution is -0.122. The van der Waals surface area contributed by atoms with E-state index < -0.39 is 0 Å². The maximum Gasteiger partial charge on any atom is 0.241 e. The highest BCUT2D eigenvalue weighted by atomic mass is 16.7. The summed E-state index contributed by atoms with van der Waals surface area (Å²) in [5, 5.41) is 2.96. The van der Waals surface area contributed by atoms with Gasteiger partial charge >= 0.3 is 0 Å². The van der Waals surface area contributed by atoms with Crippen LogP contribution in [0.5, 0.6) is 11.5 Å². The second-order valence-electron chi connectivity index (χ2n) is 7.09. The van der Waals surface area contributed by atoms with E-state index in [0.29, 0.717) is 11.5 Å². The fourth-order valence-corrected chi connectivity index (χ4v) is 3.13. The lowest BCUT2D eigenvalue weighted by Gasteiger charge is -2.44. The van der Waals surface area contributed by atoms with E-state index in [-0.39, 0.29) is 30.2 Å². The molecule has 2 atom stereocenters. The molecular formula is C17H25N3O3. The maximum absolute atomic E-state index is 12.5. The first-order valence-electron chi connectivity index (χ1n) is 8.07. The summed E-state index contributed by atoms with van der Waals surface area (Å²) >= 11 is 0. The van der Waals surface area contributed by atoms with E-state index >= 15 is 0 Å². The van der Waals surface area contributed by atoms with Crippen LogP contribution in [0.2, 0.25) is 0 Å². The number of hydrogen-bond donors (Lipinski definition) is 2. The molecule has 0 aromatic heterocycles. The number of rotatable bonds is 3. The number of carbonyl (C=O) groups is 1. The summed E-state index contributed by atoms with van der Waals surface area (Å²) in [6, 6.07) is 5.41. The second kappa shape index (κ2) is 6.02. The van der Waals surface area contributed by atoms with Crippen LogP contribution >= 0.6 is 0 Å². The molecule has 0 saturated carbocycles. The van der Waals surface area contributed by atoms with Crippen molar-refractivity contribution in [3.05, 3.63) is 18.2 Å². The molecule has 3 rings (SSSR count). The van der Waals surface area contributed by atoms with Crippen LogP contribution in [0.25, 0.3) is 0 Å². The minimum Gasteiger partial charge on any atom is -0.454 e. The molecule has 6 heteroatoms. The summed E-state index contributed by atoms with van der Waals surface area (Å²) in [7, 11) is 0. The fraction of sp³-hybridized carbons (Fsp3) is 0.588. The Morgan fingerprint density at radius 1 is 1.39 bits per heavy atom. The van der Waals surface area contributed by atoms with Gasteiger partial charge in [0.15, 0.2) is 11.5 Å². The summed E-state index contributed by atoms with van der Waals surface area (Å²) in [4.78, 5) is 14.7. The zero-order valence-corrected chi connectivity index (χ0v) is 14.0. The quantitative estimate of drug-likeness (QED) is 0.888. The van der Waals surface area contributed by atoms with Crippen molar-refractivity contribution in [3.63, 3.8) is 0 Å². The molecule has 1 aromatic rings. The van der Waals surface area contributed by atoms with Gasteiger partial charge in [0.25, 0.3) is 0 Å². The van der Waals surface area contributed by atoms with Crippen LogP contribution in [0.1, 0.15) is 27.2 Å². The number of nitrogens with one attached hydrogen (secondary N) is 1. The zero-order chi connectivity index (χ0) is 16.6. The number of ether oxygens (including phenoxy) is 2. The van der Waals surface area contributed by atoms with Crippen molar-refractivity contribution in [1.82, 2.24) is 4.90 Å². The molecule has 1 amide bonds. The summed E-state index contributed by atoms with van der Waals surface area (Å²) in [5.41, 5.74) is 6.91. The van der Waals surface area contributed by atoms with Crippen LogP contribution in [0, 0.1) is 5.41 Å². The van der Waals surface area contributed by atoms with Crippen molar-refractivity contribution in [2.24, 2.45) is 11.1 Å². The number of anilines is 1. The SMILES string of the molecule is CC(C(=O)Nc1ccc2c(c1)OCO2)N1CCC(N)C(C)(C)C1. The van der Waals surface area contributed by atoms with Gasteiger partial charge in [0.05, 0.1) is 6.04 Å². The lowest BCUT2D eigenvalue weighted by atomic mass is 9.79. The van der Waals surface area contributed by atoms with Crippen molar-refractivity contribution in [1.29, 1.82) is 0 Å². The second-order valence-corrected chi connectivity index (χ2v) is 7.09. The van der Waals surface area contributed by atoms with Crippen LogP contribution in [0.15, 0.2) is 18.2 Å². The van der Waals surface area contributed by atoms with E-state index in [2.05, 4.69) is 24.1 Å². The number of hydrogen-bond acceptors (Lipinski definition) is 5. The average molecular weight is 319 g/mol. The third kappa shape index (κ3) is 3.28. The molecule has 1 saturated heterocycles. The van der Waals surface area contributed by atoms with Gasteiger partial charge in [-0.25, -0.2) is 0 Å². The third-order valence-electron chi connectivity index (χ3n) is 4.91. The largest absolute Gasteiger partial charge is 0.454 e. The van der Waals surface area contributed by atoms with Crippen molar-refractivity contribution in [3.8, 4) is 11.5 Å². The number of piperidine rings is 1. The molecular weight excluding hydrogens is 294 g/mol. The summed E-state index contributed by atoms with van der Waals surface area (Å²) in [6.07, 6.45) is 0.911. The Hall–Kier alpha value is -1.79. The Morgan fingerprint density at radius 3 is 2.87 bits per heavy atom. The van der Waals surface area contributed by atoms with Crippen molar-refractivity contribution in [2.45, 2.75) is 39.3 Å². The molecule has 3 N–H and O–H groups in total. The predicted molar refractivity (Wildman–Crippen MR) is 88.6 cm³/mol. The van der Waals surface area contributed by atoms with Gasteiger partial charge < -0.3 is 20.5 Å². The van der Waals surface area contributed by atoms with Crippen molar-refractivity contribution in [2.75, 3.05) is 25.2 Å². The van der Waals surface area contributed by atoms with Crippen LogP contribution in [0.4, 0.5) is 5.69 Å². The van der Waals surface area contributed by atoms with Crippen LogP contribution in [0.3, 0.4) is 0 Å². The topological polar surface area (TPSA) is 76.8 Å². The number of carbonyl (C=O) groups excluding carboxylic acids is 1. The predicted octanol–water partition coefficient (Wildman–Crippen LogP) is 1.80. The Labute approximate surface area is 136 Å². The number of nitrogens with two attached hydrogens (primary N) is 1. The van der Waals surface area contributed by atoms with Crippen LogP contribution < -0.4 is 20.5 Å². The Morgan fingerprint density at radius 2 is 2.13 bits per heavy atom. The minimum absolute atomic E-state index is 0.0184. The molecule has 2 heterocycles. The molecule has 1 fully saturated rings. The van der Waals surface area contributed by atoms with E-state index in [1.807, 2.05) is 19.1 Å². The number of fused-ring (bicyclic) bond motifs is 1. The van der Waals surface area contributed by atoms with Gasteiger partial charge in [-0.1, -0.05) is 13.8 Å². The summed E-state index contributed by atoms with van der Waals surface area (Å²) in [5.74, 6) is 1.36. The van der Waals surface area contributed by atoms with E-state index in [1.54, 1.807) is 6.07 Å². The van der Waals surface area contributed by atoms with E-state index in [9.17, 15) is 4.79 Å². The van der Waals surface area contributed by atoms with Gasteiger partial charge in [-0.3, -0.25) is 9.69 Å². The van der Waals surface area contributed by atoms with Gasteiger partial charge in [-0.15, -0.1) is 0 Å². The minimum atomic E-state index is -0.202. The molecule has 2 unspecified atom stereocenters. The molecule has 1 aromatic carbocycles. The molecule has 0 radical (unpaired) electrons. The normalized spacial score (nSPS) is 24.3. The molecule has 126 valence electrons. The summed E-state index contributed by atoms with van der Waals surface area (Å²) < 4.78 is 10.6. The molecule has 0 bridgehead atoms. The van der Waals surface area contributed by atoms with Crippen molar-refractivity contribution < 1.29 is 14.3 Å². The third-order valence-corrected chi connectivity index (χ3v) is 4.91. The Bertz CT molecular complexity index is 603. The highest BCUT2D eigenvalue weighted by molar-refractivity contribution is 5.94. The monoisotopic (exact) mass is 319 g/mol. The van der Waals surface area contributed by atoms with Gasteiger partial charge in [0.2, 0.25) is 12.7 Å². The number of benzene rings is 1. The standard InChI is InChI=1S/C17H25N3O3/c1-11(20-7-6-15(18)17(2,3)9-20)16(21)19-12-4-5-13-14(8-12)23-10-22-13/h4-5,8,11,15H,6-7,9-10,18H2,1-3H3,(H,19,21). The first-order chi connectivity index (χ1) is 10.9. The van der Waals surface area contributed by atoms with Crippen molar-refractivity contribution >= 4 is 11.6 Å². The average Bonchev–Trinajstić information content (AvgIpc) is 2.96. The summed E-state index contributed by atoms with van der Waals surface area (Å²) in [6.45, 7) is 8.16. The Balaban J connectivity index is 1.64. The number of nitrogens with zero attached hydrogens (tertiary/aromatic N) is 1. The van der Waals surface area contributed by atoms with E-state index in [1.165, 1.54) is 0 Å². The van der Waals surface area contributed by atoms with E-state index in [4.69, 9.17) is 15.2 Å². The van der Waals surface area contributed by atoms with Crippen LogP contribution in [-0.4, -0.2) is 42.8 Å². The lowest BCUT2D eigenvalue weighted by Crippen LogP contribution is -2.56. The fourth-order valence-electron chi connectivity index (χ4n) is 3.13. The highest BCUT2D eigenvalue weighted by Crippen LogP contribution is 2.34. The highest BCUT2D eigenvalue weighted by Gasteiger charge is 2.36. The molecule has 6 nitrogen and oxygen atoms in total. The van der Waals surface area contributed by atoms with Gasteiger partial charge in [-0.2, -0.15) is 0 Å². The van der Waals surface area contributed by atoms with Crippen LogP contribution in [-0.2, 0) is 4.79 Å². The number of likely N-dealkylation sites (tertiary alicyclic amines) is 1. The molecule has 0 spiro atoms. The van der Waals surface area contributed by atoms with E-state index in [0.717, 1.165) is 25.2 Å². The maximum atomic E-state index is 12.5. The first kappa shape index (κ1) is 16.1. The smallest absolute Gasteiger partial charge is 0.241 e. The molecule has 23 heavy (non-hydrogen) atoms.